The van der Waals surface area contributed by atoms with Gasteiger partial charge in [-0.3, -0.25) is 9.67 Å². The Hall–Kier alpha value is -2.25. The average molecular weight is 395 g/mol. The number of alkyl carbamates (subject to hydrolysis) is 1. The lowest BCUT2D eigenvalue weighted by Gasteiger charge is -2.29. The normalized spacial score (nSPS) is 12.7. The van der Waals surface area contributed by atoms with Crippen molar-refractivity contribution >= 4 is 12.1 Å². The van der Waals surface area contributed by atoms with Crippen LogP contribution in [0, 0.1) is 0 Å². The van der Waals surface area contributed by atoms with Gasteiger partial charge in [0.05, 0.1) is 11.2 Å². The second-order valence-electron chi connectivity index (χ2n) is 8.49. The molecule has 0 aliphatic carbocycles. The van der Waals surface area contributed by atoms with Crippen LogP contribution in [0.25, 0.3) is 0 Å². The Kier molecular flexibility index (Phi) is 8.32. The monoisotopic (exact) mass is 394 g/mol. The van der Waals surface area contributed by atoms with Crippen molar-refractivity contribution in [2.45, 2.75) is 79.0 Å². The van der Waals surface area contributed by atoms with Crippen molar-refractivity contribution in [3.8, 4) is 0 Å². The van der Waals surface area contributed by atoms with Crippen molar-refractivity contribution in [3.63, 3.8) is 0 Å². The van der Waals surface area contributed by atoms with Crippen LogP contribution in [0.5, 0.6) is 0 Å². The van der Waals surface area contributed by atoms with Gasteiger partial charge in [0.15, 0.2) is 5.96 Å². The van der Waals surface area contributed by atoms with Gasteiger partial charge in [0.25, 0.3) is 0 Å². The molecule has 1 rings (SSSR count). The van der Waals surface area contributed by atoms with E-state index in [0.717, 1.165) is 18.5 Å². The number of carbonyl (C=O) groups excluding carboxylic acids is 1. The van der Waals surface area contributed by atoms with Gasteiger partial charge in [-0.2, -0.15) is 5.10 Å². The first-order valence-corrected chi connectivity index (χ1v) is 9.91. The largest absolute Gasteiger partial charge is 0.444 e. The third-order valence-corrected chi connectivity index (χ3v) is 4.22. The predicted octanol–water partition coefficient (Wildman–Crippen LogP) is 2.51. The number of nitrogens with zero attached hydrogens (tertiary/aromatic N) is 3. The van der Waals surface area contributed by atoms with E-state index in [1.54, 1.807) is 7.05 Å². The number of guanidine groups is 1. The predicted molar refractivity (Wildman–Crippen MR) is 114 cm³/mol. The summed E-state index contributed by atoms with van der Waals surface area (Å²) in [7, 11) is 3.72. The number of hydrogen-bond donors (Lipinski definition) is 3. The Morgan fingerprint density at radius 3 is 2.29 bits per heavy atom. The fourth-order valence-electron chi connectivity index (χ4n) is 2.92. The summed E-state index contributed by atoms with van der Waals surface area (Å²) in [5, 5.41) is 14.1. The lowest BCUT2D eigenvalue weighted by molar-refractivity contribution is 0.0474. The summed E-state index contributed by atoms with van der Waals surface area (Å²) in [6.45, 7) is 14.8. The molecule has 0 spiro atoms. The summed E-state index contributed by atoms with van der Waals surface area (Å²) in [5.41, 5.74) is 2.53. The van der Waals surface area contributed by atoms with E-state index in [9.17, 15) is 4.79 Å². The maximum Gasteiger partial charge on any atom is 0.408 e. The van der Waals surface area contributed by atoms with Gasteiger partial charge in [0.1, 0.15) is 5.60 Å². The Bertz CT molecular complexity index is 686. The molecule has 0 atom stereocenters. The molecule has 0 bridgehead atoms. The van der Waals surface area contributed by atoms with Crippen molar-refractivity contribution < 1.29 is 9.53 Å². The number of nitrogens with one attached hydrogen (secondary N) is 3. The number of hydrogen-bond acceptors (Lipinski definition) is 4. The van der Waals surface area contributed by atoms with Gasteiger partial charge in [0.2, 0.25) is 0 Å². The number of amides is 1. The molecule has 1 heterocycles. The smallest absolute Gasteiger partial charge is 0.408 e. The lowest BCUT2D eigenvalue weighted by Crippen LogP contribution is -2.54. The Balaban J connectivity index is 2.65. The third-order valence-electron chi connectivity index (χ3n) is 4.22. The molecule has 0 aliphatic heterocycles. The Labute approximate surface area is 169 Å². The molecule has 0 aromatic carbocycles. The highest BCUT2D eigenvalue weighted by Crippen LogP contribution is 2.15. The van der Waals surface area contributed by atoms with E-state index in [1.807, 2.05) is 46.3 Å². The standard InChI is InChI=1S/C20H38N6O2/c1-10-15-14(16(11-2)26(9)25-15)12-22-17(21-8)23-13-20(6,7)24-18(27)28-19(3,4)5/h10-13H2,1-9H3,(H,24,27)(H2,21,22,23). The maximum atomic E-state index is 12.0. The maximum absolute atomic E-state index is 12.0. The molecule has 3 N–H and O–H groups in total. The molecule has 0 radical (unpaired) electrons. The quantitative estimate of drug-likeness (QED) is 0.488. The van der Waals surface area contributed by atoms with Crippen LogP contribution in [-0.4, -0.2) is 46.6 Å². The van der Waals surface area contributed by atoms with Gasteiger partial charge in [0, 0.05) is 38.4 Å². The van der Waals surface area contributed by atoms with E-state index in [4.69, 9.17) is 4.74 Å². The molecule has 8 nitrogen and oxygen atoms in total. The van der Waals surface area contributed by atoms with Gasteiger partial charge >= 0.3 is 6.09 Å². The van der Waals surface area contributed by atoms with Crippen LogP contribution in [0.2, 0.25) is 0 Å². The first kappa shape index (κ1) is 23.8. The summed E-state index contributed by atoms with van der Waals surface area (Å²) in [5.74, 6) is 0.673. The molecule has 1 aromatic rings. The van der Waals surface area contributed by atoms with Gasteiger partial charge in [-0.25, -0.2) is 4.79 Å². The Morgan fingerprint density at radius 1 is 1.14 bits per heavy atom. The van der Waals surface area contributed by atoms with Gasteiger partial charge < -0.3 is 20.7 Å². The molecule has 8 heteroatoms. The fourth-order valence-corrected chi connectivity index (χ4v) is 2.92. The first-order chi connectivity index (χ1) is 12.9. The van der Waals surface area contributed by atoms with Crippen LogP contribution in [-0.2, 0) is 31.2 Å². The zero-order valence-electron chi connectivity index (χ0n) is 19.0. The van der Waals surface area contributed by atoms with Crippen molar-refractivity contribution in [1.29, 1.82) is 0 Å². The molecule has 0 saturated carbocycles. The number of aromatic nitrogens is 2. The number of aryl methyl sites for hydroxylation is 2. The number of rotatable bonds is 7. The van der Waals surface area contributed by atoms with Crippen molar-refractivity contribution in [2.75, 3.05) is 13.6 Å². The number of ether oxygens (including phenoxy) is 1. The molecular weight excluding hydrogens is 356 g/mol. The zero-order valence-corrected chi connectivity index (χ0v) is 19.0. The van der Waals surface area contributed by atoms with Crippen LogP contribution in [0.3, 0.4) is 0 Å². The van der Waals surface area contributed by atoms with Crippen LogP contribution < -0.4 is 16.0 Å². The van der Waals surface area contributed by atoms with E-state index in [1.165, 1.54) is 11.3 Å². The van der Waals surface area contributed by atoms with E-state index in [2.05, 4.69) is 39.9 Å². The molecule has 0 fully saturated rings. The number of carbonyl (C=O) groups is 1. The highest BCUT2D eigenvalue weighted by Gasteiger charge is 2.25. The SMILES string of the molecule is CCc1nn(C)c(CC)c1CNC(=NC)NCC(C)(C)NC(=O)OC(C)(C)C. The third kappa shape index (κ3) is 7.40. The highest BCUT2D eigenvalue weighted by molar-refractivity contribution is 5.80. The minimum absolute atomic E-state index is 0.433. The molecule has 0 saturated heterocycles. The fraction of sp³-hybridized carbons (Fsp3) is 0.750. The molecule has 1 aromatic heterocycles. The summed E-state index contributed by atoms with van der Waals surface area (Å²) in [6.07, 6.45) is 1.39. The molecule has 160 valence electrons. The minimum atomic E-state index is -0.525. The van der Waals surface area contributed by atoms with E-state index < -0.39 is 17.2 Å². The molecule has 0 unspecified atom stereocenters. The van der Waals surface area contributed by atoms with Crippen molar-refractivity contribution in [1.82, 2.24) is 25.7 Å². The summed E-state index contributed by atoms with van der Waals surface area (Å²) in [4.78, 5) is 16.3. The van der Waals surface area contributed by atoms with Crippen molar-refractivity contribution in [2.24, 2.45) is 12.0 Å². The van der Waals surface area contributed by atoms with Crippen molar-refractivity contribution in [3.05, 3.63) is 17.0 Å². The summed E-state index contributed by atoms with van der Waals surface area (Å²) in [6, 6.07) is 0. The minimum Gasteiger partial charge on any atom is -0.444 e. The van der Waals surface area contributed by atoms with E-state index in [0.29, 0.717) is 19.0 Å². The van der Waals surface area contributed by atoms with E-state index in [-0.39, 0.29) is 0 Å². The zero-order chi connectivity index (χ0) is 21.5. The molecular formula is C20H38N6O2. The topological polar surface area (TPSA) is 92.6 Å². The van der Waals surface area contributed by atoms with E-state index >= 15 is 0 Å². The summed E-state index contributed by atoms with van der Waals surface area (Å²) >= 11 is 0. The lowest BCUT2D eigenvalue weighted by atomic mass is 10.1. The number of aliphatic imine (C=N–C) groups is 1. The summed E-state index contributed by atoms with van der Waals surface area (Å²) < 4.78 is 7.29. The highest BCUT2D eigenvalue weighted by atomic mass is 16.6. The first-order valence-electron chi connectivity index (χ1n) is 9.91. The average Bonchev–Trinajstić information content (AvgIpc) is 2.87. The van der Waals surface area contributed by atoms with Gasteiger partial charge in [-0.05, 0) is 47.5 Å². The molecule has 28 heavy (non-hydrogen) atoms. The van der Waals surface area contributed by atoms with Gasteiger partial charge in [-0.1, -0.05) is 13.8 Å². The van der Waals surface area contributed by atoms with Crippen LogP contribution >= 0.6 is 0 Å². The Morgan fingerprint density at radius 2 is 1.79 bits per heavy atom. The molecule has 0 aliphatic rings. The van der Waals surface area contributed by atoms with Crippen LogP contribution in [0.4, 0.5) is 4.79 Å². The van der Waals surface area contributed by atoms with Crippen LogP contribution in [0.15, 0.2) is 4.99 Å². The van der Waals surface area contributed by atoms with Gasteiger partial charge in [-0.15, -0.1) is 0 Å². The molecule has 1 amide bonds. The van der Waals surface area contributed by atoms with Crippen LogP contribution in [0.1, 0.15) is 65.4 Å². The second-order valence-corrected chi connectivity index (χ2v) is 8.49. The second kappa shape index (κ2) is 9.80.